The second-order valence-electron chi connectivity index (χ2n) is 5.42. The standard InChI is InChI=1S/C16H15AtN4O2/c17-13-5-1-4-11-12(8-19-15(11)13)16(23)20-9-14(22)21-6-2-3-10(21)7-18/h1,4-5,8,10,19H,2-3,6,9H2,(H,20,23)/t10-/m0/s1. The summed E-state index contributed by atoms with van der Waals surface area (Å²) in [7, 11) is 0. The van der Waals surface area contributed by atoms with Gasteiger partial charge in [-0.15, -0.1) is 0 Å². The van der Waals surface area contributed by atoms with Gasteiger partial charge in [0.2, 0.25) is 0 Å². The first-order valence-corrected chi connectivity index (χ1v) is 8.81. The molecule has 2 aromatic rings. The Balaban J connectivity index is 1.68. The van der Waals surface area contributed by atoms with Crippen molar-refractivity contribution in [3.63, 3.8) is 0 Å². The van der Waals surface area contributed by atoms with Crippen LogP contribution in [-0.4, -0.2) is 40.8 Å². The number of likely N-dealkylation sites (tertiary alicyclic amines) is 1. The van der Waals surface area contributed by atoms with Gasteiger partial charge in [0.25, 0.3) is 0 Å². The molecule has 7 heteroatoms. The average Bonchev–Trinajstić information content (AvgIpc) is 3.19. The fraction of sp³-hybridized carbons (Fsp3) is 0.312. The van der Waals surface area contributed by atoms with E-state index in [0.717, 1.165) is 20.6 Å². The number of fused-ring (bicyclic) bond motifs is 1. The molecule has 1 atom stereocenters. The summed E-state index contributed by atoms with van der Waals surface area (Å²) in [4.78, 5) is 29.2. The zero-order valence-electron chi connectivity index (χ0n) is 12.3. The number of aromatic amines is 1. The van der Waals surface area contributed by atoms with Crippen LogP contribution in [0.25, 0.3) is 10.9 Å². The quantitative estimate of drug-likeness (QED) is 0.640. The van der Waals surface area contributed by atoms with Crippen LogP contribution in [0.1, 0.15) is 23.2 Å². The number of hydrogen-bond donors (Lipinski definition) is 2. The van der Waals surface area contributed by atoms with E-state index in [9.17, 15) is 9.59 Å². The molecular formula is C16H15AtN4O2. The van der Waals surface area contributed by atoms with Crippen LogP contribution < -0.4 is 8.59 Å². The molecule has 2 N–H and O–H groups in total. The number of nitriles is 1. The van der Waals surface area contributed by atoms with E-state index in [1.54, 1.807) is 35.8 Å². The predicted molar refractivity (Wildman–Crippen MR) is 80.6 cm³/mol. The predicted octanol–water partition coefficient (Wildman–Crippen LogP) is 0.587. The summed E-state index contributed by atoms with van der Waals surface area (Å²) < 4.78 is 1.12. The van der Waals surface area contributed by atoms with E-state index in [2.05, 4.69) is 16.4 Å². The molecule has 23 heavy (non-hydrogen) atoms. The van der Waals surface area contributed by atoms with Crippen LogP contribution in [0.3, 0.4) is 0 Å². The Bertz CT molecular complexity index is 808. The molecule has 3 rings (SSSR count). The molecule has 1 aliphatic heterocycles. The van der Waals surface area contributed by atoms with E-state index in [-0.39, 0.29) is 24.4 Å². The molecule has 0 spiro atoms. The van der Waals surface area contributed by atoms with Gasteiger partial charge in [0, 0.05) is 0 Å². The van der Waals surface area contributed by atoms with E-state index in [4.69, 9.17) is 5.26 Å². The molecule has 2 heterocycles. The van der Waals surface area contributed by atoms with Gasteiger partial charge in [-0.2, -0.15) is 0 Å². The molecule has 2 amide bonds. The molecule has 1 saturated heterocycles. The normalized spacial score (nSPS) is 17.2. The van der Waals surface area contributed by atoms with E-state index < -0.39 is 0 Å². The van der Waals surface area contributed by atoms with Gasteiger partial charge < -0.3 is 0 Å². The fourth-order valence-electron chi connectivity index (χ4n) is 2.86. The minimum atomic E-state index is -0.364. The Morgan fingerprint density at radius 3 is 3.09 bits per heavy atom. The van der Waals surface area contributed by atoms with Crippen LogP contribution >= 0.6 is 0 Å². The zero-order valence-corrected chi connectivity index (χ0v) is 15.2. The third-order valence-corrected chi connectivity index (χ3v) is 5.26. The van der Waals surface area contributed by atoms with Gasteiger partial charge in [-0.25, -0.2) is 0 Å². The number of carbonyl (C=O) groups is 2. The molecule has 0 aliphatic carbocycles. The molecule has 0 unspecified atom stereocenters. The third kappa shape index (κ3) is 3.09. The van der Waals surface area contributed by atoms with Gasteiger partial charge >= 0.3 is 149 Å². The zero-order chi connectivity index (χ0) is 16.4. The Kier molecular flexibility index (Phi) is 4.63. The Hall–Kier alpha value is -1.93. The van der Waals surface area contributed by atoms with Crippen LogP contribution in [0, 0.1) is 36.1 Å². The molecule has 0 saturated carbocycles. The van der Waals surface area contributed by atoms with Gasteiger partial charge in [-0.05, 0) is 0 Å². The Morgan fingerprint density at radius 2 is 2.30 bits per heavy atom. The van der Waals surface area contributed by atoms with Crippen LogP contribution in [0.15, 0.2) is 24.4 Å². The first-order valence-electron chi connectivity index (χ1n) is 7.34. The Labute approximate surface area is 148 Å². The molecule has 118 valence electrons. The van der Waals surface area contributed by atoms with Crippen molar-refractivity contribution in [3.05, 3.63) is 30.0 Å². The van der Waals surface area contributed by atoms with Crippen molar-refractivity contribution in [1.29, 1.82) is 5.26 Å². The van der Waals surface area contributed by atoms with Crippen molar-refractivity contribution in [2.24, 2.45) is 0 Å². The van der Waals surface area contributed by atoms with E-state index in [1.165, 1.54) is 0 Å². The molecule has 1 aliphatic rings. The van der Waals surface area contributed by atoms with E-state index >= 15 is 0 Å². The first kappa shape index (κ1) is 15.9. The number of hydrogen-bond acceptors (Lipinski definition) is 3. The fourth-order valence-corrected chi connectivity index (χ4v) is 3.75. The molecule has 1 aromatic carbocycles. The molecular weight excluding hydrogens is 490 g/mol. The number of amides is 2. The van der Waals surface area contributed by atoms with Gasteiger partial charge in [-0.1, -0.05) is 0 Å². The molecule has 0 bridgehead atoms. The van der Waals surface area contributed by atoms with Crippen molar-refractivity contribution >= 4 is 26.0 Å². The van der Waals surface area contributed by atoms with E-state index in [1.807, 2.05) is 18.2 Å². The summed E-state index contributed by atoms with van der Waals surface area (Å²) in [5, 5.41) is 12.5. The number of rotatable bonds is 3. The second-order valence-corrected chi connectivity index (χ2v) is 7.00. The van der Waals surface area contributed by atoms with Gasteiger partial charge in [0.05, 0.1) is 0 Å². The topological polar surface area (TPSA) is 89.0 Å². The minimum absolute atomic E-state index is 0.0843. The van der Waals surface area contributed by atoms with Gasteiger partial charge in [-0.3, -0.25) is 0 Å². The van der Waals surface area contributed by atoms with Crippen molar-refractivity contribution < 1.29 is 34.3 Å². The number of benzene rings is 1. The summed E-state index contributed by atoms with van der Waals surface area (Å²) in [6, 6.07) is 7.56. The Morgan fingerprint density at radius 1 is 1.48 bits per heavy atom. The van der Waals surface area contributed by atoms with Crippen LogP contribution in [-0.2, 0) is 4.79 Å². The second kappa shape index (κ2) is 6.68. The van der Waals surface area contributed by atoms with Crippen LogP contribution in [0.5, 0.6) is 0 Å². The number of nitrogens with zero attached hydrogens (tertiary/aromatic N) is 2. The van der Waals surface area contributed by atoms with Crippen molar-refractivity contribution in [2.45, 2.75) is 18.9 Å². The summed E-state index contributed by atoms with van der Waals surface area (Å²) in [6.45, 7) is 0.500. The summed E-state index contributed by atoms with van der Waals surface area (Å²) in [5.74, 6) is -0.490. The maximum absolute atomic E-state index is 12.3. The average molecular weight is 505 g/mol. The number of nitrogens with one attached hydrogen (secondary N) is 2. The summed E-state index contributed by atoms with van der Waals surface area (Å²) in [5.41, 5.74) is 1.48. The number of carbonyl (C=O) groups excluding carboxylic acids is 2. The van der Waals surface area contributed by atoms with Gasteiger partial charge in [0.1, 0.15) is 0 Å². The van der Waals surface area contributed by atoms with E-state index in [0.29, 0.717) is 18.5 Å². The number of aromatic nitrogens is 1. The van der Waals surface area contributed by atoms with Crippen molar-refractivity contribution in [2.75, 3.05) is 13.1 Å². The van der Waals surface area contributed by atoms with Crippen molar-refractivity contribution in [3.8, 4) is 6.07 Å². The van der Waals surface area contributed by atoms with Crippen molar-refractivity contribution in [1.82, 2.24) is 15.2 Å². The number of H-pyrrole nitrogens is 1. The molecule has 1 fully saturated rings. The van der Waals surface area contributed by atoms with Crippen LogP contribution in [0.2, 0.25) is 0 Å². The molecule has 1 aromatic heterocycles. The molecule has 6 nitrogen and oxygen atoms in total. The summed E-state index contributed by atoms with van der Waals surface area (Å²) in [6.07, 6.45) is 3.21. The molecule has 0 radical (unpaired) electrons. The first-order chi connectivity index (χ1) is 11.1. The maximum atomic E-state index is 12.3. The monoisotopic (exact) mass is 505 g/mol. The van der Waals surface area contributed by atoms with Gasteiger partial charge in [0.15, 0.2) is 0 Å². The number of para-hydroxylation sites is 1. The van der Waals surface area contributed by atoms with Crippen LogP contribution in [0.4, 0.5) is 0 Å². The summed E-state index contributed by atoms with van der Waals surface area (Å²) >= 11 is 1.54. The SMILES string of the molecule is N#C[C@@H]1CCCN1C(=O)CNC(=O)c1c[nH]c2c([At])cccc12. The third-order valence-electron chi connectivity index (χ3n) is 4.03.